The molecule has 6 N–H and O–H groups in total. The summed E-state index contributed by atoms with van der Waals surface area (Å²) in [6.07, 6.45) is -1.59. The first kappa shape index (κ1) is 20.6. The molecule has 0 spiro atoms. The number of rotatable bonds is 6. The van der Waals surface area contributed by atoms with Crippen molar-refractivity contribution in [3.8, 4) is 5.75 Å². The van der Waals surface area contributed by atoms with Gasteiger partial charge in [-0.1, -0.05) is 17.7 Å². The van der Waals surface area contributed by atoms with Crippen LogP contribution in [0.2, 0.25) is 5.02 Å². The molecule has 6 nitrogen and oxygen atoms in total. The number of nitrogens with two attached hydrogens (primary N) is 1. The zero-order chi connectivity index (χ0) is 20.0. The number of nitrogens with zero attached hydrogens (tertiary/aromatic N) is 1. The number of carbonyl (C=O) groups excluding carboxylic acids is 1. The third-order valence-electron chi connectivity index (χ3n) is 3.31. The van der Waals surface area contributed by atoms with Crippen LogP contribution in [0.25, 0.3) is 0 Å². The van der Waals surface area contributed by atoms with Gasteiger partial charge >= 0.3 is 6.18 Å². The topological polar surface area (TPSA) is 95.2 Å². The first-order valence-electron chi connectivity index (χ1n) is 7.60. The number of anilines is 2. The number of hydrogen-bond acceptors (Lipinski definition) is 4. The molecular weight excluding hydrogens is 385 g/mol. The number of benzene rings is 2. The first-order valence-corrected chi connectivity index (χ1v) is 7.98. The van der Waals surface area contributed by atoms with Crippen molar-refractivity contribution in [1.82, 2.24) is 0 Å². The Morgan fingerprint density at radius 3 is 2.70 bits per heavy atom. The molecule has 1 amide bonds. The lowest BCUT2D eigenvalue weighted by Gasteiger charge is -2.14. The van der Waals surface area contributed by atoms with Crippen molar-refractivity contribution in [3.05, 3.63) is 65.5 Å². The molecule has 0 saturated heterocycles. The van der Waals surface area contributed by atoms with Crippen LogP contribution >= 0.6 is 11.6 Å². The molecule has 0 aliphatic heterocycles. The fourth-order valence-electron chi connectivity index (χ4n) is 2.10. The third kappa shape index (κ3) is 5.88. The number of nitrogens with one attached hydrogen (secondary N) is 1. The molecule has 0 aromatic heterocycles. The number of halogens is 4. The van der Waals surface area contributed by atoms with Crippen LogP contribution in [0.3, 0.4) is 0 Å². The van der Waals surface area contributed by atoms with E-state index in [4.69, 9.17) is 22.2 Å². The number of hydrogen-bond donors (Lipinski definition) is 3. The number of amides is 1. The Morgan fingerprint density at radius 1 is 1.30 bits per heavy atom. The van der Waals surface area contributed by atoms with Crippen molar-refractivity contribution < 1.29 is 28.4 Å². The molecule has 0 bridgehead atoms. The molecule has 0 unspecified atom stereocenters. The van der Waals surface area contributed by atoms with Crippen LogP contribution in [-0.4, -0.2) is 12.5 Å². The third-order valence-corrected chi connectivity index (χ3v) is 3.64. The fraction of sp³-hybridized carbons (Fsp3) is 0.118. The number of carbonyl (C=O) groups is 1. The Kier molecular flexibility index (Phi) is 6.67. The molecular formula is C17H17ClF3N4O2+. The average Bonchev–Trinajstić information content (AvgIpc) is 2.61. The van der Waals surface area contributed by atoms with Gasteiger partial charge in [0.2, 0.25) is 0 Å². The summed E-state index contributed by atoms with van der Waals surface area (Å²) >= 11 is 5.54. The van der Waals surface area contributed by atoms with Gasteiger partial charge in [-0.05, 0) is 30.3 Å². The second kappa shape index (κ2) is 8.76. The summed E-state index contributed by atoms with van der Waals surface area (Å²) in [5.74, 6) is 5.50. The number of hydrazine groups is 1. The summed E-state index contributed by atoms with van der Waals surface area (Å²) in [5, 5.41) is 3.20. The molecule has 2 aromatic carbocycles. The zero-order valence-corrected chi connectivity index (χ0v) is 14.7. The Morgan fingerprint density at radius 2 is 2.04 bits per heavy atom. The Hall–Kier alpha value is -2.75. The Labute approximate surface area is 158 Å². The van der Waals surface area contributed by atoms with Gasteiger partial charge in [0.05, 0.1) is 22.5 Å². The second-order valence-corrected chi connectivity index (χ2v) is 5.73. The van der Waals surface area contributed by atoms with E-state index in [0.29, 0.717) is 11.4 Å². The van der Waals surface area contributed by atoms with Crippen molar-refractivity contribution in [2.45, 2.75) is 6.18 Å². The summed E-state index contributed by atoms with van der Waals surface area (Å²) in [7, 11) is 0. The average molecular weight is 402 g/mol. The number of alkyl halides is 3. The lowest BCUT2D eigenvalue weighted by Crippen LogP contribution is -2.41. The maximum absolute atomic E-state index is 12.8. The fourth-order valence-corrected chi connectivity index (χ4v) is 2.32. The summed E-state index contributed by atoms with van der Waals surface area (Å²) in [4.78, 5) is 11.9. The van der Waals surface area contributed by atoms with E-state index in [2.05, 4.69) is 11.1 Å². The van der Waals surface area contributed by atoms with E-state index in [-0.39, 0.29) is 5.69 Å². The highest BCUT2D eigenvalue weighted by molar-refractivity contribution is 6.31. The van der Waals surface area contributed by atoms with Gasteiger partial charge in [0.25, 0.3) is 5.91 Å². The zero-order valence-electron chi connectivity index (χ0n) is 14.0. The summed E-state index contributed by atoms with van der Waals surface area (Å²) < 4.78 is 43.9. The molecule has 10 heteroatoms. The highest BCUT2D eigenvalue weighted by Gasteiger charge is 2.33. The van der Waals surface area contributed by atoms with Crippen molar-refractivity contribution in [2.75, 3.05) is 16.9 Å². The molecule has 0 saturated carbocycles. The van der Waals surface area contributed by atoms with Crippen LogP contribution in [0.5, 0.6) is 5.75 Å². The normalized spacial score (nSPS) is 11.5. The summed E-state index contributed by atoms with van der Waals surface area (Å²) in [6.45, 7) is -0.400. The summed E-state index contributed by atoms with van der Waals surface area (Å²) in [6, 6.07) is 9.70. The van der Waals surface area contributed by atoms with Gasteiger partial charge in [0.15, 0.2) is 6.61 Å². The second-order valence-electron chi connectivity index (χ2n) is 5.32. The predicted molar refractivity (Wildman–Crippen MR) is 95.7 cm³/mol. The maximum atomic E-state index is 12.8. The lowest BCUT2D eigenvalue weighted by molar-refractivity contribution is -0.275. The molecule has 0 aliphatic rings. The molecule has 144 valence electrons. The lowest BCUT2D eigenvalue weighted by atomic mass is 10.2. The minimum absolute atomic E-state index is 0.0391. The van der Waals surface area contributed by atoms with Gasteiger partial charge in [-0.25, -0.2) is 5.84 Å². The molecule has 2 rings (SSSR count). The standard InChI is InChI=1S/C17H16ClF3N4O2/c18-15-5-4-11(8-14(15)17(19,20)21)24-16(26)10-27-13-3-1-2-12(9-13)25(23)7-6-22/h1-9H,10,22-23H2,(H,24,26)/p+1/b7-6-. The first-order chi connectivity index (χ1) is 12.7. The van der Waals surface area contributed by atoms with Crippen LogP contribution in [-0.2, 0) is 11.0 Å². The largest absolute Gasteiger partial charge is 0.484 e. The van der Waals surface area contributed by atoms with Gasteiger partial charge in [-0.2, -0.15) is 13.2 Å². The highest BCUT2D eigenvalue weighted by atomic mass is 35.5. The van der Waals surface area contributed by atoms with Gasteiger partial charge in [-0.3, -0.25) is 9.80 Å². The molecule has 0 aliphatic carbocycles. The minimum atomic E-state index is -4.62. The predicted octanol–water partition coefficient (Wildman–Crippen LogP) is 2.77. The Balaban J connectivity index is 2.00. The Bertz CT molecular complexity index is 843. The van der Waals surface area contributed by atoms with E-state index in [1.807, 2.05) is 0 Å². The molecule has 27 heavy (non-hydrogen) atoms. The van der Waals surface area contributed by atoms with E-state index in [1.54, 1.807) is 24.3 Å². The van der Waals surface area contributed by atoms with Gasteiger partial charge < -0.3 is 15.8 Å². The van der Waals surface area contributed by atoms with E-state index in [1.165, 1.54) is 23.5 Å². The van der Waals surface area contributed by atoms with Crippen molar-refractivity contribution >= 4 is 28.9 Å². The number of quaternary nitrogens is 1. The van der Waals surface area contributed by atoms with E-state index >= 15 is 0 Å². The van der Waals surface area contributed by atoms with Crippen LogP contribution in [0.15, 0.2) is 54.9 Å². The van der Waals surface area contributed by atoms with Crippen LogP contribution in [0, 0.1) is 0 Å². The van der Waals surface area contributed by atoms with Gasteiger partial charge in [0.1, 0.15) is 11.9 Å². The molecule has 2 aromatic rings. The minimum Gasteiger partial charge on any atom is -0.484 e. The van der Waals surface area contributed by atoms with Crippen LogP contribution in [0.4, 0.5) is 24.5 Å². The molecule has 0 atom stereocenters. The number of ether oxygens (including phenoxy) is 1. The van der Waals surface area contributed by atoms with Crippen molar-refractivity contribution in [2.24, 2.45) is 5.84 Å². The van der Waals surface area contributed by atoms with Gasteiger partial charge in [-0.15, -0.1) is 0 Å². The van der Waals surface area contributed by atoms with Crippen LogP contribution < -0.4 is 26.6 Å². The van der Waals surface area contributed by atoms with Gasteiger partial charge in [0, 0.05) is 11.8 Å². The maximum Gasteiger partial charge on any atom is 0.417 e. The smallest absolute Gasteiger partial charge is 0.417 e. The highest BCUT2D eigenvalue weighted by Crippen LogP contribution is 2.36. The quantitative estimate of drug-likeness (QED) is 0.512. The SMILES string of the molecule is NN(/C=C\[NH3+])c1cccc(OCC(=O)Nc2ccc(Cl)c(C(F)(F)F)c2)c1. The molecule has 0 fully saturated rings. The van der Waals surface area contributed by atoms with E-state index < -0.39 is 29.3 Å². The van der Waals surface area contributed by atoms with E-state index in [9.17, 15) is 18.0 Å². The van der Waals surface area contributed by atoms with Crippen molar-refractivity contribution in [1.29, 1.82) is 0 Å². The molecule has 0 radical (unpaired) electrons. The molecule has 0 heterocycles. The van der Waals surface area contributed by atoms with Crippen LogP contribution in [0.1, 0.15) is 5.56 Å². The summed E-state index contributed by atoms with van der Waals surface area (Å²) in [5.41, 5.74) is 3.06. The van der Waals surface area contributed by atoms with E-state index in [0.717, 1.165) is 12.1 Å². The van der Waals surface area contributed by atoms with Crippen molar-refractivity contribution in [3.63, 3.8) is 0 Å². The monoisotopic (exact) mass is 401 g/mol.